The average molecular weight is 208 g/mol. The quantitative estimate of drug-likeness (QED) is 0.795. The average Bonchev–Trinajstić information content (AvgIpc) is 2.71. The maximum Gasteiger partial charge on any atom is 0.193 e. The SMILES string of the molecule is CC(C)c1nc(-c2sccc2N)n[nH]1. The van der Waals surface area contributed by atoms with Gasteiger partial charge < -0.3 is 5.73 Å². The van der Waals surface area contributed by atoms with Gasteiger partial charge in [-0.3, -0.25) is 5.10 Å². The van der Waals surface area contributed by atoms with Crippen LogP contribution in [-0.2, 0) is 0 Å². The topological polar surface area (TPSA) is 67.6 Å². The lowest BCUT2D eigenvalue weighted by molar-refractivity contribution is 0.781. The predicted octanol–water partition coefficient (Wildman–Crippen LogP) is 2.24. The van der Waals surface area contributed by atoms with Gasteiger partial charge in [0.2, 0.25) is 0 Å². The van der Waals surface area contributed by atoms with E-state index in [4.69, 9.17) is 5.73 Å². The summed E-state index contributed by atoms with van der Waals surface area (Å²) >= 11 is 1.56. The highest BCUT2D eigenvalue weighted by Crippen LogP contribution is 2.29. The molecule has 0 unspecified atom stereocenters. The largest absolute Gasteiger partial charge is 0.397 e. The molecule has 0 aliphatic carbocycles. The first kappa shape index (κ1) is 9.21. The number of nitrogens with two attached hydrogens (primary N) is 1. The molecule has 4 nitrogen and oxygen atoms in total. The molecular formula is C9H12N4S. The molecule has 0 saturated heterocycles. The monoisotopic (exact) mass is 208 g/mol. The third-order valence-corrected chi connectivity index (χ3v) is 2.87. The third kappa shape index (κ3) is 1.50. The van der Waals surface area contributed by atoms with E-state index in [0.717, 1.165) is 16.4 Å². The van der Waals surface area contributed by atoms with Crippen LogP contribution in [0.3, 0.4) is 0 Å². The maximum absolute atomic E-state index is 5.77. The van der Waals surface area contributed by atoms with Crippen LogP contribution in [0.5, 0.6) is 0 Å². The second-order valence-electron chi connectivity index (χ2n) is 3.40. The molecule has 2 heterocycles. The molecule has 0 spiro atoms. The van der Waals surface area contributed by atoms with Crippen molar-refractivity contribution in [3.63, 3.8) is 0 Å². The molecule has 0 fully saturated rings. The number of hydrogen-bond donors (Lipinski definition) is 2. The molecule has 2 aromatic rings. The number of hydrogen-bond acceptors (Lipinski definition) is 4. The normalized spacial score (nSPS) is 11.1. The number of nitrogen functional groups attached to an aromatic ring is 1. The predicted molar refractivity (Wildman–Crippen MR) is 58.2 cm³/mol. The Hall–Kier alpha value is -1.36. The van der Waals surface area contributed by atoms with Crippen molar-refractivity contribution in [2.75, 3.05) is 5.73 Å². The number of nitrogens with zero attached hydrogens (tertiary/aromatic N) is 2. The van der Waals surface area contributed by atoms with Crippen molar-refractivity contribution in [1.29, 1.82) is 0 Å². The number of aromatic nitrogens is 3. The highest BCUT2D eigenvalue weighted by atomic mass is 32.1. The van der Waals surface area contributed by atoms with E-state index in [9.17, 15) is 0 Å². The van der Waals surface area contributed by atoms with Crippen LogP contribution in [0.15, 0.2) is 11.4 Å². The van der Waals surface area contributed by atoms with Crippen LogP contribution in [0.25, 0.3) is 10.7 Å². The molecule has 2 aromatic heterocycles. The van der Waals surface area contributed by atoms with Gasteiger partial charge in [-0.15, -0.1) is 11.3 Å². The number of anilines is 1. The van der Waals surface area contributed by atoms with Gasteiger partial charge in [0.05, 0.1) is 10.6 Å². The molecule has 0 saturated carbocycles. The van der Waals surface area contributed by atoms with Crippen LogP contribution in [0.1, 0.15) is 25.6 Å². The Morgan fingerprint density at radius 2 is 2.29 bits per heavy atom. The highest BCUT2D eigenvalue weighted by molar-refractivity contribution is 7.14. The van der Waals surface area contributed by atoms with E-state index < -0.39 is 0 Å². The summed E-state index contributed by atoms with van der Waals surface area (Å²) in [6.07, 6.45) is 0. The van der Waals surface area contributed by atoms with Gasteiger partial charge in [-0.25, -0.2) is 4.98 Å². The molecule has 0 aliphatic rings. The molecule has 0 bridgehead atoms. The van der Waals surface area contributed by atoms with Crippen molar-refractivity contribution in [3.8, 4) is 10.7 Å². The molecule has 0 aliphatic heterocycles. The van der Waals surface area contributed by atoms with Gasteiger partial charge in [-0.2, -0.15) is 5.10 Å². The second-order valence-corrected chi connectivity index (χ2v) is 4.32. The molecule has 0 amide bonds. The first-order valence-corrected chi connectivity index (χ1v) is 5.32. The minimum Gasteiger partial charge on any atom is -0.397 e. The maximum atomic E-state index is 5.77. The van der Waals surface area contributed by atoms with Gasteiger partial charge in [0.25, 0.3) is 0 Å². The molecule has 0 aromatic carbocycles. The zero-order valence-electron chi connectivity index (χ0n) is 8.11. The Labute approximate surface area is 86.2 Å². The molecule has 74 valence electrons. The lowest BCUT2D eigenvalue weighted by Crippen LogP contribution is -1.89. The summed E-state index contributed by atoms with van der Waals surface area (Å²) in [5.74, 6) is 1.95. The molecular weight excluding hydrogens is 196 g/mol. The summed E-state index contributed by atoms with van der Waals surface area (Å²) in [4.78, 5) is 5.31. The first-order valence-electron chi connectivity index (χ1n) is 4.44. The fraction of sp³-hybridized carbons (Fsp3) is 0.333. The smallest absolute Gasteiger partial charge is 0.193 e. The van der Waals surface area contributed by atoms with Crippen molar-refractivity contribution in [2.45, 2.75) is 19.8 Å². The van der Waals surface area contributed by atoms with Crippen molar-refractivity contribution < 1.29 is 0 Å². The first-order chi connectivity index (χ1) is 6.68. The summed E-state index contributed by atoms with van der Waals surface area (Å²) in [6, 6.07) is 1.87. The van der Waals surface area contributed by atoms with Crippen LogP contribution in [0.2, 0.25) is 0 Å². The Bertz CT molecular complexity index is 429. The van der Waals surface area contributed by atoms with Crippen LogP contribution in [0.4, 0.5) is 5.69 Å². The molecule has 0 radical (unpaired) electrons. The Balaban J connectivity index is 2.39. The highest BCUT2D eigenvalue weighted by Gasteiger charge is 2.11. The van der Waals surface area contributed by atoms with Gasteiger partial charge >= 0.3 is 0 Å². The van der Waals surface area contributed by atoms with Gasteiger partial charge in [0.15, 0.2) is 5.82 Å². The van der Waals surface area contributed by atoms with E-state index >= 15 is 0 Å². The Morgan fingerprint density at radius 3 is 2.79 bits per heavy atom. The molecule has 3 N–H and O–H groups in total. The van der Waals surface area contributed by atoms with Crippen molar-refractivity contribution in [2.24, 2.45) is 0 Å². The fourth-order valence-electron chi connectivity index (χ4n) is 1.13. The lowest BCUT2D eigenvalue weighted by atomic mass is 10.2. The van der Waals surface area contributed by atoms with Gasteiger partial charge in [0.1, 0.15) is 5.82 Å². The molecule has 0 atom stereocenters. The van der Waals surface area contributed by atoms with Crippen molar-refractivity contribution >= 4 is 17.0 Å². The molecule has 14 heavy (non-hydrogen) atoms. The van der Waals surface area contributed by atoms with Crippen LogP contribution in [0, 0.1) is 0 Å². The lowest BCUT2D eigenvalue weighted by Gasteiger charge is -1.95. The zero-order chi connectivity index (χ0) is 10.1. The third-order valence-electron chi connectivity index (χ3n) is 1.95. The van der Waals surface area contributed by atoms with E-state index in [1.54, 1.807) is 11.3 Å². The number of aromatic amines is 1. The summed E-state index contributed by atoms with van der Waals surface area (Å²) < 4.78 is 0. The minimum atomic E-state index is 0.359. The molecule has 5 heteroatoms. The van der Waals surface area contributed by atoms with Crippen LogP contribution in [-0.4, -0.2) is 15.2 Å². The molecule has 2 rings (SSSR count). The van der Waals surface area contributed by atoms with E-state index in [2.05, 4.69) is 29.0 Å². The number of nitrogens with one attached hydrogen (secondary N) is 1. The summed E-state index contributed by atoms with van der Waals surface area (Å²) in [5.41, 5.74) is 6.51. The summed E-state index contributed by atoms with van der Waals surface area (Å²) in [5, 5.41) is 8.99. The number of H-pyrrole nitrogens is 1. The summed E-state index contributed by atoms with van der Waals surface area (Å²) in [7, 11) is 0. The van der Waals surface area contributed by atoms with Gasteiger partial charge in [-0.1, -0.05) is 13.8 Å². The van der Waals surface area contributed by atoms with E-state index in [0.29, 0.717) is 11.7 Å². The van der Waals surface area contributed by atoms with E-state index in [-0.39, 0.29) is 0 Å². The summed E-state index contributed by atoms with van der Waals surface area (Å²) in [6.45, 7) is 4.14. The van der Waals surface area contributed by atoms with Crippen LogP contribution >= 0.6 is 11.3 Å². The van der Waals surface area contributed by atoms with Crippen molar-refractivity contribution in [1.82, 2.24) is 15.2 Å². The van der Waals surface area contributed by atoms with Gasteiger partial charge in [-0.05, 0) is 11.4 Å². The Kier molecular flexibility index (Phi) is 2.25. The second kappa shape index (κ2) is 3.42. The zero-order valence-corrected chi connectivity index (χ0v) is 8.93. The van der Waals surface area contributed by atoms with Crippen LogP contribution < -0.4 is 5.73 Å². The minimum absolute atomic E-state index is 0.359. The van der Waals surface area contributed by atoms with E-state index in [1.165, 1.54) is 0 Å². The number of rotatable bonds is 2. The van der Waals surface area contributed by atoms with Crippen molar-refractivity contribution in [3.05, 3.63) is 17.3 Å². The van der Waals surface area contributed by atoms with Gasteiger partial charge in [0, 0.05) is 5.92 Å². The van der Waals surface area contributed by atoms with E-state index in [1.807, 2.05) is 11.4 Å². The standard InChI is InChI=1S/C9H12N4S/c1-5(2)8-11-9(13-12-8)7-6(10)3-4-14-7/h3-5H,10H2,1-2H3,(H,11,12,13). The number of thiophene rings is 1. The Morgan fingerprint density at radius 1 is 1.50 bits per heavy atom. The fourth-order valence-corrected chi connectivity index (χ4v) is 1.89.